The lowest BCUT2D eigenvalue weighted by atomic mass is 10.1. The minimum absolute atomic E-state index is 0.0263. The van der Waals surface area contributed by atoms with Crippen LogP contribution >= 0.6 is 0 Å². The molecule has 0 saturated carbocycles. The predicted molar refractivity (Wildman–Crippen MR) is 71.1 cm³/mol. The third-order valence-corrected chi connectivity index (χ3v) is 2.81. The highest BCUT2D eigenvalue weighted by atomic mass is 16.2. The van der Waals surface area contributed by atoms with Gasteiger partial charge in [0.05, 0.1) is 0 Å². The van der Waals surface area contributed by atoms with Crippen molar-refractivity contribution < 1.29 is 4.79 Å². The maximum Gasteiger partial charge on any atom is 0.317 e. The van der Waals surface area contributed by atoms with E-state index in [0.717, 1.165) is 19.5 Å². The second-order valence-corrected chi connectivity index (χ2v) is 4.21. The third-order valence-electron chi connectivity index (χ3n) is 2.81. The number of amides is 2. The predicted octanol–water partition coefficient (Wildman–Crippen LogP) is 2.67. The molecule has 1 rings (SSSR count). The smallest absolute Gasteiger partial charge is 0.317 e. The van der Waals surface area contributed by atoms with Gasteiger partial charge in [-0.1, -0.05) is 30.3 Å². The Bertz CT molecular complexity index is 333. The van der Waals surface area contributed by atoms with E-state index < -0.39 is 0 Å². The number of nitrogens with zero attached hydrogens (tertiary/aromatic N) is 1. The van der Waals surface area contributed by atoms with Crippen molar-refractivity contribution in [2.75, 3.05) is 13.1 Å². The summed E-state index contributed by atoms with van der Waals surface area (Å²) in [6.45, 7) is 7.52. The standard InChI is InChI=1S/C14H22N2O/c1-4-16(5-2)14(17)15-12(3)11-13-9-7-6-8-10-13/h6-10,12H,4-5,11H2,1-3H3,(H,15,17). The molecule has 0 bridgehead atoms. The maximum atomic E-state index is 11.8. The molecule has 3 heteroatoms. The van der Waals surface area contributed by atoms with Crippen LogP contribution in [0.3, 0.4) is 0 Å². The van der Waals surface area contributed by atoms with E-state index in [2.05, 4.69) is 17.4 Å². The highest BCUT2D eigenvalue weighted by Gasteiger charge is 2.12. The Balaban J connectivity index is 2.44. The fraction of sp³-hybridized carbons (Fsp3) is 0.500. The van der Waals surface area contributed by atoms with E-state index in [-0.39, 0.29) is 12.1 Å². The summed E-state index contributed by atoms with van der Waals surface area (Å²) in [4.78, 5) is 13.6. The van der Waals surface area contributed by atoms with Crippen molar-refractivity contribution >= 4 is 6.03 Å². The van der Waals surface area contributed by atoms with E-state index in [1.807, 2.05) is 39.0 Å². The second kappa shape index (κ2) is 6.94. The fourth-order valence-corrected chi connectivity index (χ4v) is 1.83. The highest BCUT2D eigenvalue weighted by molar-refractivity contribution is 5.74. The Morgan fingerprint density at radius 1 is 1.24 bits per heavy atom. The molecule has 0 fully saturated rings. The lowest BCUT2D eigenvalue weighted by Crippen LogP contribution is -2.44. The quantitative estimate of drug-likeness (QED) is 0.834. The van der Waals surface area contributed by atoms with Gasteiger partial charge in [-0.3, -0.25) is 0 Å². The normalized spacial score (nSPS) is 11.9. The number of carbonyl (C=O) groups excluding carboxylic acids is 1. The van der Waals surface area contributed by atoms with Gasteiger partial charge in [-0.2, -0.15) is 0 Å². The molecule has 0 spiro atoms. The number of hydrogen-bond acceptors (Lipinski definition) is 1. The van der Waals surface area contributed by atoms with Crippen LogP contribution in [-0.2, 0) is 6.42 Å². The van der Waals surface area contributed by atoms with Crippen molar-refractivity contribution in [1.82, 2.24) is 10.2 Å². The van der Waals surface area contributed by atoms with Crippen LogP contribution < -0.4 is 5.32 Å². The lowest BCUT2D eigenvalue weighted by Gasteiger charge is -2.22. The van der Waals surface area contributed by atoms with Gasteiger partial charge in [0.25, 0.3) is 0 Å². The van der Waals surface area contributed by atoms with E-state index in [1.54, 1.807) is 4.90 Å². The molecule has 0 radical (unpaired) electrons. The number of benzene rings is 1. The average molecular weight is 234 g/mol. The van der Waals surface area contributed by atoms with Crippen LogP contribution in [0.15, 0.2) is 30.3 Å². The number of urea groups is 1. The zero-order valence-corrected chi connectivity index (χ0v) is 10.9. The zero-order chi connectivity index (χ0) is 12.7. The van der Waals surface area contributed by atoms with Gasteiger partial charge in [0.2, 0.25) is 0 Å². The van der Waals surface area contributed by atoms with Crippen molar-refractivity contribution in [2.45, 2.75) is 33.2 Å². The van der Waals surface area contributed by atoms with Gasteiger partial charge >= 0.3 is 6.03 Å². The maximum absolute atomic E-state index is 11.8. The fourth-order valence-electron chi connectivity index (χ4n) is 1.83. The molecule has 2 amide bonds. The summed E-state index contributed by atoms with van der Waals surface area (Å²) in [6.07, 6.45) is 0.869. The summed E-state index contributed by atoms with van der Waals surface area (Å²) in [6, 6.07) is 10.4. The van der Waals surface area contributed by atoms with Gasteiger partial charge in [0.1, 0.15) is 0 Å². The molecule has 1 aromatic carbocycles. The minimum atomic E-state index is 0.0263. The number of carbonyl (C=O) groups is 1. The van der Waals surface area contributed by atoms with Crippen molar-refractivity contribution in [2.24, 2.45) is 0 Å². The Labute approximate surface area is 104 Å². The van der Waals surface area contributed by atoms with Crippen LogP contribution in [0.1, 0.15) is 26.3 Å². The molecule has 1 atom stereocenters. The van der Waals surface area contributed by atoms with E-state index in [1.165, 1.54) is 5.56 Å². The van der Waals surface area contributed by atoms with E-state index >= 15 is 0 Å². The van der Waals surface area contributed by atoms with Crippen molar-refractivity contribution in [1.29, 1.82) is 0 Å². The van der Waals surface area contributed by atoms with E-state index in [0.29, 0.717) is 0 Å². The molecule has 94 valence electrons. The van der Waals surface area contributed by atoms with Gasteiger partial charge in [-0.05, 0) is 32.8 Å². The Kier molecular flexibility index (Phi) is 5.53. The molecule has 0 aliphatic rings. The molecule has 1 aromatic rings. The molecule has 17 heavy (non-hydrogen) atoms. The molecule has 0 heterocycles. The Morgan fingerprint density at radius 3 is 2.35 bits per heavy atom. The average Bonchev–Trinajstić information content (AvgIpc) is 2.31. The molecular weight excluding hydrogens is 212 g/mol. The first-order valence-electron chi connectivity index (χ1n) is 6.26. The SMILES string of the molecule is CCN(CC)C(=O)NC(C)Cc1ccccc1. The van der Waals surface area contributed by atoms with Crippen LogP contribution in [0, 0.1) is 0 Å². The molecule has 0 aromatic heterocycles. The first-order chi connectivity index (χ1) is 8.17. The van der Waals surface area contributed by atoms with E-state index in [9.17, 15) is 4.79 Å². The summed E-state index contributed by atoms with van der Waals surface area (Å²) in [5, 5.41) is 3.02. The van der Waals surface area contributed by atoms with Crippen molar-refractivity contribution in [3.8, 4) is 0 Å². The van der Waals surface area contributed by atoms with Crippen LogP contribution in [0.2, 0.25) is 0 Å². The van der Waals surface area contributed by atoms with Gasteiger partial charge in [-0.25, -0.2) is 4.79 Å². The summed E-state index contributed by atoms with van der Waals surface area (Å²) in [5.74, 6) is 0. The Morgan fingerprint density at radius 2 is 1.82 bits per heavy atom. The monoisotopic (exact) mass is 234 g/mol. The van der Waals surface area contributed by atoms with Crippen LogP contribution in [0.5, 0.6) is 0 Å². The van der Waals surface area contributed by atoms with Gasteiger partial charge in [-0.15, -0.1) is 0 Å². The lowest BCUT2D eigenvalue weighted by molar-refractivity contribution is 0.200. The van der Waals surface area contributed by atoms with Crippen molar-refractivity contribution in [3.63, 3.8) is 0 Å². The number of nitrogens with one attached hydrogen (secondary N) is 1. The number of rotatable bonds is 5. The van der Waals surface area contributed by atoms with Gasteiger partial charge < -0.3 is 10.2 Å². The molecule has 1 unspecified atom stereocenters. The van der Waals surface area contributed by atoms with Gasteiger partial charge in [0.15, 0.2) is 0 Å². The molecule has 0 aliphatic carbocycles. The molecule has 0 aliphatic heterocycles. The summed E-state index contributed by atoms with van der Waals surface area (Å²) < 4.78 is 0. The summed E-state index contributed by atoms with van der Waals surface area (Å²) in [7, 11) is 0. The first kappa shape index (κ1) is 13.6. The molecule has 3 nitrogen and oxygen atoms in total. The van der Waals surface area contributed by atoms with Gasteiger partial charge in [0, 0.05) is 19.1 Å². The molecule has 1 N–H and O–H groups in total. The molecular formula is C14H22N2O. The number of hydrogen-bond donors (Lipinski definition) is 1. The third kappa shape index (κ3) is 4.47. The topological polar surface area (TPSA) is 32.3 Å². The van der Waals surface area contributed by atoms with Crippen molar-refractivity contribution in [3.05, 3.63) is 35.9 Å². The van der Waals surface area contributed by atoms with Crippen LogP contribution in [0.25, 0.3) is 0 Å². The Hall–Kier alpha value is -1.51. The second-order valence-electron chi connectivity index (χ2n) is 4.21. The largest absolute Gasteiger partial charge is 0.335 e. The highest BCUT2D eigenvalue weighted by Crippen LogP contribution is 2.03. The van der Waals surface area contributed by atoms with Crippen LogP contribution in [0.4, 0.5) is 4.79 Å². The minimum Gasteiger partial charge on any atom is -0.335 e. The van der Waals surface area contributed by atoms with E-state index in [4.69, 9.17) is 0 Å². The zero-order valence-electron chi connectivity index (χ0n) is 10.9. The molecule has 0 saturated heterocycles. The summed E-state index contributed by atoms with van der Waals surface area (Å²) in [5.41, 5.74) is 1.25. The van der Waals surface area contributed by atoms with Crippen LogP contribution in [-0.4, -0.2) is 30.1 Å². The first-order valence-corrected chi connectivity index (χ1v) is 6.26. The summed E-state index contributed by atoms with van der Waals surface area (Å²) >= 11 is 0.